The van der Waals surface area contributed by atoms with Crippen LogP contribution in [0.1, 0.15) is 25.5 Å². The van der Waals surface area contributed by atoms with Gasteiger partial charge in [-0.1, -0.05) is 30.3 Å². The van der Waals surface area contributed by atoms with E-state index in [2.05, 4.69) is 15.0 Å². The van der Waals surface area contributed by atoms with E-state index in [0.717, 1.165) is 5.56 Å². The Morgan fingerprint density at radius 3 is 2.27 bits per heavy atom. The highest BCUT2D eigenvalue weighted by atomic mass is 16.4. The molecular formula is C16H23N3O3. The summed E-state index contributed by atoms with van der Waals surface area (Å²) in [5, 5.41) is 3.04. The first-order chi connectivity index (χ1) is 10.5. The summed E-state index contributed by atoms with van der Waals surface area (Å²) in [5.74, 6) is 0.441. The molecule has 6 heteroatoms. The highest BCUT2D eigenvalue weighted by Crippen LogP contribution is 2.03. The van der Waals surface area contributed by atoms with Gasteiger partial charge in [0.15, 0.2) is 0 Å². The van der Waals surface area contributed by atoms with E-state index in [1.807, 2.05) is 30.3 Å². The first kappa shape index (κ1) is 17.7. The Morgan fingerprint density at radius 1 is 1.18 bits per heavy atom. The van der Waals surface area contributed by atoms with Crippen LogP contribution in [0.25, 0.3) is 0 Å². The zero-order chi connectivity index (χ0) is 16.5. The molecule has 0 spiro atoms. The molecule has 1 heterocycles. The lowest BCUT2D eigenvalue weighted by atomic mass is 10.2. The molecule has 0 aliphatic rings. The van der Waals surface area contributed by atoms with Gasteiger partial charge in [0.1, 0.15) is 5.82 Å². The summed E-state index contributed by atoms with van der Waals surface area (Å²) in [5.41, 5.74) is 0.392. The quantitative estimate of drug-likeness (QED) is 0.906. The number of aromatic nitrogens is 2. The van der Waals surface area contributed by atoms with Gasteiger partial charge < -0.3 is 10.1 Å². The maximum atomic E-state index is 11.8. The van der Waals surface area contributed by atoms with Crippen LogP contribution < -0.4 is 16.6 Å². The van der Waals surface area contributed by atoms with Crippen molar-refractivity contribution in [2.75, 3.05) is 19.5 Å². The van der Waals surface area contributed by atoms with E-state index in [1.165, 1.54) is 10.6 Å². The number of H-pyrrole nitrogens is 1. The summed E-state index contributed by atoms with van der Waals surface area (Å²) < 4.78 is 5.44. The minimum Gasteiger partial charge on any atom is -0.388 e. The van der Waals surface area contributed by atoms with Crippen LogP contribution in [0.15, 0.2) is 46.0 Å². The summed E-state index contributed by atoms with van der Waals surface area (Å²) in [6.45, 7) is 4.16. The van der Waals surface area contributed by atoms with Gasteiger partial charge in [0.05, 0.1) is 0 Å². The number of benzene rings is 1. The molecule has 0 unspecified atom stereocenters. The number of methoxy groups -OCH3 is 1. The van der Waals surface area contributed by atoms with Crippen LogP contribution in [0.3, 0.4) is 0 Å². The number of rotatable bonds is 4. The molecule has 0 fully saturated rings. The molecule has 2 aromatic rings. The fourth-order valence-corrected chi connectivity index (χ4v) is 1.88. The number of nitrogens with zero attached hydrogens (tertiary/aromatic N) is 1. The lowest BCUT2D eigenvalue weighted by Gasteiger charge is -2.10. The van der Waals surface area contributed by atoms with Gasteiger partial charge in [0.2, 0.25) is 0 Å². The Labute approximate surface area is 129 Å². The molecular weight excluding hydrogens is 282 g/mol. The molecule has 0 bridgehead atoms. The summed E-state index contributed by atoms with van der Waals surface area (Å²) in [4.78, 5) is 26.3. The maximum absolute atomic E-state index is 11.8. The van der Waals surface area contributed by atoms with E-state index in [0.29, 0.717) is 12.4 Å². The van der Waals surface area contributed by atoms with E-state index in [1.54, 1.807) is 28.1 Å². The summed E-state index contributed by atoms with van der Waals surface area (Å²) in [7, 11) is 3.25. The maximum Gasteiger partial charge on any atom is 0.330 e. The molecule has 1 aromatic carbocycles. The fraction of sp³-hybridized carbons (Fsp3) is 0.375. The predicted octanol–water partition coefficient (Wildman–Crippen LogP) is 1.99. The number of ether oxygens (including phenoxy) is 1. The van der Waals surface area contributed by atoms with Crippen molar-refractivity contribution in [1.82, 2.24) is 9.55 Å². The van der Waals surface area contributed by atoms with Gasteiger partial charge in [-0.05, 0) is 19.4 Å². The lowest BCUT2D eigenvalue weighted by Crippen LogP contribution is -2.36. The molecule has 0 atom stereocenters. The van der Waals surface area contributed by atoms with Crippen molar-refractivity contribution in [3.8, 4) is 0 Å². The first-order valence-corrected chi connectivity index (χ1v) is 7.03. The summed E-state index contributed by atoms with van der Waals surface area (Å²) in [6, 6.07) is 11.0. The summed E-state index contributed by atoms with van der Waals surface area (Å²) >= 11 is 0. The topological polar surface area (TPSA) is 76.1 Å². The van der Waals surface area contributed by atoms with E-state index >= 15 is 0 Å². The average Bonchev–Trinajstić information content (AvgIpc) is 2.46. The molecule has 6 nitrogen and oxygen atoms in total. The van der Waals surface area contributed by atoms with E-state index in [9.17, 15) is 9.59 Å². The normalized spacial score (nSPS) is 10.0. The zero-order valence-corrected chi connectivity index (χ0v) is 13.4. The standard InChI is InChI=1S/C14H17N3O2.C2H6O/c1-10(2)17-13(18)8-12(16-14(17)19)15-9-11-6-4-3-5-7-11;1-3-2/h3-8,10,15H,9H2,1-2H3,(H,16,19);1-2H3. The van der Waals surface area contributed by atoms with Crippen LogP contribution in [-0.4, -0.2) is 23.8 Å². The number of aromatic amines is 1. The zero-order valence-electron chi connectivity index (χ0n) is 13.4. The molecule has 0 aliphatic heterocycles. The third-order valence-electron chi connectivity index (χ3n) is 2.81. The van der Waals surface area contributed by atoms with Crippen LogP contribution >= 0.6 is 0 Å². The highest BCUT2D eigenvalue weighted by molar-refractivity contribution is 5.33. The first-order valence-electron chi connectivity index (χ1n) is 7.03. The second-order valence-corrected chi connectivity index (χ2v) is 5.04. The van der Waals surface area contributed by atoms with E-state index in [4.69, 9.17) is 0 Å². The number of hydrogen-bond donors (Lipinski definition) is 2. The minimum atomic E-state index is -0.391. The van der Waals surface area contributed by atoms with Crippen molar-refractivity contribution >= 4 is 5.82 Å². The minimum absolute atomic E-state index is 0.153. The van der Waals surface area contributed by atoms with Crippen molar-refractivity contribution in [2.24, 2.45) is 0 Å². The Hall–Kier alpha value is -2.34. The second-order valence-electron chi connectivity index (χ2n) is 5.04. The van der Waals surface area contributed by atoms with Crippen LogP contribution in [-0.2, 0) is 11.3 Å². The molecule has 120 valence electrons. The molecule has 0 saturated heterocycles. The molecule has 0 aliphatic carbocycles. The summed E-state index contributed by atoms with van der Waals surface area (Å²) in [6.07, 6.45) is 0. The van der Waals surface area contributed by atoms with Gasteiger partial charge >= 0.3 is 5.69 Å². The Kier molecular flexibility index (Phi) is 7.12. The second kappa shape index (κ2) is 8.84. The smallest absolute Gasteiger partial charge is 0.330 e. The van der Waals surface area contributed by atoms with Crippen molar-refractivity contribution in [2.45, 2.75) is 26.4 Å². The fourth-order valence-electron chi connectivity index (χ4n) is 1.88. The molecule has 0 radical (unpaired) electrons. The number of anilines is 1. The Bertz CT molecular complexity index is 644. The largest absolute Gasteiger partial charge is 0.388 e. The van der Waals surface area contributed by atoms with Crippen molar-refractivity contribution in [1.29, 1.82) is 0 Å². The van der Waals surface area contributed by atoms with Crippen LogP contribution in [0.2, 0.25) is 0 Å². The Balaban J connectivity index is 0.000000745. The SMILES string of the molecule is CC(C)n1c(=O)cc(NCc2ccccc2)[nH]c1=O.COC. The van der Waals surface area contributed by atoms with Gasteiger partial charge in [-0.25, -0.2) is 4.79 Å². The van der Waals surface area contributed by atoms with Gasteiger partial charge in [-0.2, -0.15) is 0 Å². The molecule has 0 amide bonds. The third-order valence-corrected chi connectivity index (χ3v) is 2.81. The highest BCUT2D eigenvalue weighted by Gasteiger charge is 2.07. The molecule has 0 saturated carbocycles. The third kappa shape index (κ3) is 5.21. The number of hydrogen-bond acceptors (Lipinski definition) is 4. The van der Waals surface area contributed by atoms with Crippen LogP contribution in [0.4, 0.5) is 5.82 Å². The molecule has 2 N–H and O–H groups in total. The predicted molar refractivity (Wildman–Crippen MR) is 88.4 cm³/mol. The van der Waals surface area contributed by atoms with Gasteiger partial charge in [0, 0.05) is 32.9 Å². The van der Waals surface area contributed by atoms with E-state index in [-0.39, 0.29) is 11.6 Å². The van der Waals surface area contributed by atoms with Crippen LogP contribution in [0, 0.1) is 0 Å². The van der Waals surface area contributed by atoms with Gasteiger partial charge in [-0.3, -0.25) is 14.3 Å². The number of nitrogens with one attached hydrogen (secondary N) is 2. The van der Waals surface area contributed by atoms with Gasteiger partial charge in [0.25, 0.3) is 5.56 Å². The Morgan fingerprint density at radius 2 is 1.77 bits per heavy atom. The van der Waals surface area contributed by atoms with E-state index < -0.39 is 5.69 Å². The van der Waals surface area contributed by atoms with Crippen LogP contribution in [0.5, 0.6) is 0 Å². The molecule has 2 rings (SSSR count). The molecule has 22 heavy (non-hydrogen) atoms. The van der Waals surface area contributed by atoms with Crippen molar-refractivity contribution in [3.63, 3.8) is 0 Å². The molecule has 1 aromatic heterocycles. The van der Waals surface area contributed by atoms with Crippen molar-refractivity contribution < 1.29 is 4.74 Å². The monoisotopic (exact) mass is 305 g/mol. The lowest BCUT2D eigenvalue weighted by molar-refractivity contribution is 0.277. The van der Waals surface area contributed by atoms with Crippen molar-refractivity contribution in [3.05, 3.63) is 62.8 Å². The average molecular weight is 305 g/mol. The van der Waals surface area contributed by atoms with Gasteiger partial charge in [-0.15, -0.1) is 0 Å².